The summed E-state index contributed by atoms with van der Waals surface area (Å²) in [6, 6.07) is 5.34. The lowest BCUT2D eigenvalue weighted by atomic mass is 10.0. The number of rotatable bonds is 8. The predicted octanol–water partition coefficient (Wildman–Crippen LogP) is 4.17. The smallest absolute Gasteiger partial charge is 0.381 e. The van der Waals surface area contributed by atoms with Crippen LogP contribution in [0.4, 0.5) is 13.2 Å². The molecule has 0 aliphatic carbocycles. The Morgan fingerprint density at radius 3 is 2.65 bits per heavy atom. The normalized spacial score (nSPS) is 13.4. The fourth-order valence-electron chi connectivity index (χ4n) is 1.84. The van der Waals surface area contributed by atoms with Gasteiger partial charge >= 0.3 is 6.18 Å². The Hall–Kier alpha value is -1.07. The molecule has 1 N–H and O–H groups in total. The molecule has 0 saturated carbocycles. The van der Waals surface area contributed by atoms with Crippen LogP contribution in [0.1, 0.15) is 43.9 Å². The maximum Gasteiger partial charge on any atom is 0.416 e. The van der Waals surface area contributed by atoms with Gasteiger partial charge in [0.2, 0.25) is 0 Å². The van der Waals surface area contributed by atoms with Crippen LogP contribution in [0.5, 0.6) is 0 Å². The van der Waals surface area contributed by atoms with Gasteiger partial charge in [-0.05, 0) is 44.0 Å². The van der Waals surface area contributed by atoms with Crippen LogP contribution >= 0.6 is 0 Å². The van der Waals surface area contributed by atoms with E-state index in [1.54, 1.807) is 6.07 Å². The molecule has 1 atom stereocenters. The highest BCUT2D eigenvalue weighted by Crippen LogP contribution is 2.30. The average molecular weight is 289 g/mol. The van der Waals surface area contributed by atoms with Crippen LogP contribution in [0.3, 0.4) is 0 Å². The summed E-state index contributed by atoms with van der Waals surface area (Å²) in [7, 11) is 0. The minimum atomic E-state index is -4.29. The Bertz CT molecular complexity index is 393. The SMILES string of the molecule is CCCOCCCNC(C)c1cccc(C(F)(F)F)c1. The summed E-state index contributed by atoms with van der Waals surface area (Å²) >= 11 is 0. The maximum atomic E-state index is 12.6. The molecule has 20 heavy (non-hydrogen) atoms. The number of ether oxygens (including phenoxy) is 1. The molecule has 0 heterocycles. The van der Waals surface area contributed by atoms with Gasteiger partial charge in [-0.3, -0.25) is 0 Å². The quantitative estimate of drug-likeness (QED) is 0.725. The first kappa shape index (κ1) is 17.0. The van der Waals surface area contributed by atoms with E-state index < -0.39 is 11.7 Å². The maximum absolute atomic E-state index is 12.6. The van der Waals surface area contributed by atoms with Gasteiger partial charge in [-0.15, -0.1) is 0 Å². The average Bonchev–Trinajstić information content (AvgIpc) is 2.41. The number of benzene rings is 1. The van der Waals surface area contributed by atoms with Gasteiger partial charge in [0, 0.05) is 19.3 Å². The van der Waals surface area contributed by atoms with Crippen molar-refractivity contribution in [3.63, 3.8) is 0 Å². The van der Waals surface area contributed by atoms with Gasteiger partial charge in [0.05, 0.1) is 5.56 Å². The molecule has 0 amide bonds. The van der Waals surface area contributed by atoms with Gasteiger partial charge in [0.15, 0.2) is 0 Å². The van der Waals surface area contributed by atoms with E-state index in [9.17, 15) is 13.2 Å². The van der Waals surface area contributed by atoms with Crippen LogP contribution in [0.25, 0.3) is 0 Å². The first-order valence-electron chi connectivity index (χ1n) is 6.93. The highest BCUT2D eigenvalue weighted by Gasteiger charge is 2.30. The molecule has 2 nitrogen and oxygen atoms in total. The van der Waals surface area contributed by atoms with Crippen molar-refractivity contribution < 1.29 is 17.9 Å². The van der Waals surface area contributed by atoms with Crippen LogP contribution < -0.4 is 5.32 Å². The van der Waals surface area contributed by atoms with Crippen molar-refractivity contribution in [2.24, 2.45) is 0 Å². The number of nitrogens with one attached hydrogen (secondary N) is 1. The molecule has 1 rings (SSSR count). The van der Waals surface area contributed by atoms with Crippen LogP contribution in [-0.2, 0) is 10.9 Å². The molecule has 0 saturated heterocycles. The summed E-state index contributed by atoms with van der Waals surface area (Å²) in [4.78, 5) is 0. The van der Waals surface area contributed by atoms with E-state index in [1.807, 2.05) is 13.8 Å². The molecule has 0 fully saturated rings. The number of hydrogen-bond donors (Lipinski definition) is 1. The summed E-state index contributed by atoms with van der Waals surface area (Å²) < 4.78 is 43.2. The Morgan fingerprint density at radius 1 is 1.25 bits per heavy atom. The molecule has 1 unspecified atom stereocenters. The Labute approximate surface area is 118 Å². The van der Waals surface area contributed by atoms with Crippen molar-refractivity contribution in [2.75, 3.05) is 19.8 Å². The molecule has 0 aliphatic rings. The molecule has 114 valence electrons. The van der Waals surface area contributed by atoms with E-state index in [-0.39, 0.29) is 6.04 Å². The zero-order valence-corrected chi connectivity index (χ0v) is 12.0. The zero-order valence-electron chi connectivity index (χ0n) is 12.0. The van der Waals surface area contributed by atoms with Gasteiger partial charge in [-0.2, -0.15) is 13.2 Å². The summed E-state index contributed by atoms with van der Waals surface area (Å²) in [5.74, 6) is 0. The molecule has 0 bridgehead atoms. The summed E-state index contributed by atoms with van der Waals surface area (Å²) in [6.07, 6.45) is -2.44. The van der Waals surface area contributed by atoms with Crippen molar-refractivity contribution in [3.8, 4) is 0 Å². The lowest BCUT2D eigenvalue weighted by Crippen LogP contribution is -2.21. The van der Waals surface area contributed by atoms with Gasteiger partial charge in [0.1, 0.15) is 0 Å². The second-order valence-corrected chi connectivity index (χ2v) is 4.76. The first-order valence-corrected chi connectivity index (χ1v) is 6.93. The standard InChI is InChI=1S/C15H22F3NO/c1-3-9-20-10-5-8-19-12(2)13-6-4-7-14(11-13)15(16,17)18/h4,6-7,11-12,19H,3,5,8-10H2,1-2H3. The van der Waals surface area contributed by atoms with Crippen molar-refractivity contribution in [2.45, 2.75) is 38.9 Å². The van der Waals surface area contributed by atoms with E-state index in [0.717, 1.165) is 32.1 Å². The van der Waals surface area contributed by atoms with E-state index in [4.69, 9.17) is 4.74 Å². The summed E-state index contributed by atoms with van der Waals surface area (Å²) in [5, 5.41) is 3.21. The number of alkyl halides is 3. The van der Waals surface area contributed by atoms with Crippen LogP contribution in [0, 0.1) is 0 Å². The molecular weight excluding hydrogens is 267 g/mol. The monoisotopic (exact) mass is 289 g/mol. The molecule has 0 spiro atoms. The third-order valence-electron chi connectivity index (χ3n) is 2.98. The largest absolute Gasteiger partial charge is 0.416 e. The van der Waals surface area contributed by atoms with Crippen molar-refractivity contribution >= 4 is 0 Å². The highest BCUT2D eigenvalue weighted by atomic mass is 19.4. The molecule has 1 aromatic carbocycles. The van der Waals surface area contributed by atoms with Crippen molar-refractivity contribution in [3.05, 3.63) is 35.4 Å². The third-order valence-corrected chi connectivity index (χ3v) is 2.98. The summed E-state index contributed by atoms with van der Waals surface area (Å²) in [5.41, 5.74) is 0.0456. The van der Waals surface area contributed by atoms with Gasteiger partial charge in [-0.25, -0.2) is 0 Å². The molecular formula is C15H22F3NO. The Balaban J connectivity index is 2.41. The molecule has 0 aliphatic heterocycles. The second-order valence-electron chi connectivity index (χ2n) is 4.76. The van der Waals surface area contributed by atoms with Crippen LogP contribution in [0.2, 0.25) is 0 Å². The summed E-state index contributed by atoms with van der Waals surface area (Å²) in [6.45, 7) is 6.07. The minimum absolute atomic E-state index is 0.108. The second kappa shape index (κ2) is 8.27. The van der Waals surface area contributed by atoms with Gasteiger partial charge in [0.25, 0.3) is 0 Å². The zero-order chi connectivity index (χ0) is 15.0. The highest BCUT2D eigenvalue weighted by molar-refractivity contribution is 5.27. The topological polar surface area (TPSA) is 21.3 Å². The fourth-order valence-corrected chi connectivity index (χ4v) is 1.84. The van der Waals surface area contributed by atoms with E-state index in [2.05, 4.69) is 5.32 Å². The number of hydrogen-bond acceptors (Lipinski definition) is 2. The van der Waals surface area contributed by atoms with Crippen molar-refractivity contribution in [1.29, 1.82) is 0 Å². The fraction of sp³-hybridized carbons (Fsp3) is 0.600. The van der Waals surface area contributed by atoms with E-state index in [1.165, 1.54) is 12.1 Å². The van der Waals surface area contributed by atoms with E-state index >= 15 is 0 Å². The first-order chi connectivity index (χ1) is 9.45. The molecule has 0 radical (unpaired) electrons. The van der Waals surface area contributed by atoms with Crippen molar-refractivity contribution in [1.82, 2.24) is 5.32 Å². The van der Waals surface area contributed by atoms with Gasteiger partial charge in [-0.1, -0.05) is 19.1 Å². The molecule has 0 aromatic heterocycles. The molecule has 5 heteroatoms. The molecule has 1 aromatic rings. The number of halogens is 3. The lowest BCUT2D eigenvalue weighted by molar-refractivity contribution is -0.137. The minimum Gasteiger partial charge on any atom is -0.381 e. The van der Waals surface area contributed by atoms with Crippen LogP contribution in [-0.4, -0.2) is 19.8 Å². The van der Waals surface area contributed by atoms with Crippen LogP contribution in [0.15, 0.2) is 24.3 Å². The Kier molecular flexibility index (Phi) is 7.02. The Morgan fingerprint density at radius 2 is 2.00 bits per heavy atom. The van der Waals surface area contributed by atoms with E-state index in [0.29, 0.717) is 12.2 Å². The van der Waals surface area contributed by atoms with Gasteiger partial charge < -0.3 is 10.1 Å². The lowest BCUT2D eigenvalue weighted by Gasteiger charge is -2.16. The third kappa shape index (κ3) is 5.92. The predicted molar refractivity (Wildman–Crippen MR) is 73.6 cm³/mol.